The summed E-state index contributed by atoms with van der Waals surface area (Å²) in [4.78, 5) is 23.2. The van der Waals surface area contributed by atoms with Gasteiger partial charge in [0, 0.05) is 34.1 Å². The maximum atomic E-state index is 14.5. The lowest BCUT2D eigenvalue weighted by Gasteiger charge is -2.18. The van der Waals surface area contributed by atoms with Gasteiger partial charge in [-0.15, -0.1) is 0 Å². The highest BCUT2D eigenvalue weighted by Gasteiger charge is 2.42. The molecule has 3 aromatic heterocycles. The molecule has 1 aliphatic carbocycles. The monoisotopic (exact) mass is 442 g/mol. The van der Waals surface area contributed by atoms with E-state index in [0.717, 1.165) is 29.6 Å². The average molecular weight is 443 g/mol. The van der Waals surface area contributed by atoms with Gasteiger partial charge in [-0.3, -0.25) is 4.79 Å². The Labute approximate surface area is 181 Å². The Kier molecular flexibility index (Phi) is 4.38. The van der Waals surface area contributed by atoms with Crippen LogP contribution in [-0.2, 0) is 5.41 Å². The van der Waals surface area contributed by atoms with Gasteiger partial charge in [0.1, 0.15) is 11.5 Å². The van der Waals surface area contributed by atoms with Gasteiger partial charge in [0.05, 0.1) is 27.3 Å². The number of nitrogens with one attached hydrogen (secondary N) is 3. The van der Waals surface area contributed by atoms with Crippen molar-refractivity contribution in [3.63, 3.8) is 0 Å². The molecule has 152 valence electrons. The van der Waals surface area contributed by atoms with Crippen molar-refractivity contribution in [3.05, 3.63) is 74.6 Å². The normalized spacial score (nSPS) is 14.8. The highest BCUT2D eigenvalue weighted by atomic mass is 35.5. The molecular weight excluding hydrogens is 426 g/mol. The van der Waals surface area contributed by atoms with Crippen molar-refractivity contribution in [2.24, 2.45) is 0 Å². The van der Waals surface area contributed by atoms with Gasteiger partial charge in [-0.1, -0.05) is 30.1 Å². The van der Waals surface area contributed by atoms with Crippen molar-refractivity contribution < 1.29 is 4.39 Å². The van der Waals surface area contributed by atoms with Crippen LogP contribution in [0.3, 0.4) is 0 Å². The molecule has 5 nitrogen and oxygen atoms in total. The minimum absolute atomic E-state index is 0.138. The van der Waals surface area contributed by atoms with E-state index in [1.165, 1.54) is 18.2 Å². The maximum absolute atomic E-state index is 14.5. The SMILES string of the molecule is CC1(c2[nH]c(=O)c(-c3cc(Cl)ccc3F)cc2Nc2ccnc3[nH]cc(Cl)c23)CC1. The molecule has 8 heteroatoms. The lowest BCUT2D eigenvalue weighted by atomic mass is 9.99. The fourth-order valence-corrected chi connectivity index (χ4v) is 4.13. The van der Waals surface area contributed by atoms with Crippen LogP contribution in [0.15, 0.2) is 47.5 Å². The third-order valence-electron chi connectivity index (χ3n) is 5.66. The van der Waals surface area contributed by atoms with Crippen LogP contribution in [0.5, 0.6) is 0 Å². The molecule has 0 spiro atoms. The molecule has 0 saturated heterocycles. The Morgan fingerprint density at radius 1 is 1.13 bits per heavy atom. The lowest BCUT2D eigenvalue weighted by Crippen LogP contribution is -2.18. The fraction of sp³-hybridized carbons (Fsp3) is 0.182. The molecule has 3 N–H and O–H groups in total. The van der Waals surface area contributed by atoms with E-state index < -0.39 is 5.82 Å². The number of rotatable bonds is 4. The molecule has 0 bridgehead atoms. The summed E-state index contributed by atoms with van der Waals surface area (Å²) in [7, 11) is 0. The van der Waals surface area contributed by atoms with Gasteiger partial charge in [0.2, 0.25) is 0 Å². The first kappa shape index (κ1) is 19.2. The van der Waals surface area contributed by atoms with Gasteiger partial charge in [0.15, 0.2) is 0 Å². The fourth-order valence-electron chi connectivity index (χ4n) is 3.71. The van der Waals surface area contributed by atoms with Crippen LogP contribution in [0.1, 0.15) is 25.5 Å². The first-order chi connectivity index (χ1) is 14.4. The van der Waals surface area contributed by atoms with E-state index in [0.29, 0.717) is 21.4 Å². The van der Waals surface area contributed by atoms with Crippen molar-refractivity contribution in [2.45, 2.75) is 25.2 Å². The zero-order chi connectivity index (χ0) is 21.0. The summed E-state index contributed by atoms with van der Waals surface area (Å²) < 4.78 is 14.5. The molecule has 0 atom stereocenters. The summed E-state index contributed by atoms with van der Waals surface area (Å²) in [6.07, 6.45) is 5.25. The number of fused-ring (bicyclic) bond motifs is 1. The molecule has 30 heavy (non-hydrogen) atoms. The quantitative estimate of drug-likeness (QED) is 0.354. The molecule has 0 aliphatic heterocycles. The summed E-state index contributed by atoms with van der Waals surface area (Å²) >= 11 is 12.4. The molecule has 1 aliphatic rings. The van der Waals surface area contributed by atoms with Crippen LogP contribution < -0.4 is 10.9 Å². The molecule has 0 amide bonds. The van der Waals surface area contributed by atoms with Crippen LogP contribution >= 0.6 is 23.2 Å². The molecule has 1 fully saturated rings. The van der Waals surface area contributed by atoms with Gasteiger partial charge in [-0.25, -0.2) is 9.37 Å². The zero-order valence-electron chi connectivity index (χ0n) is 15.9. The van der Waals surface area contributed by atoms with E-state index >= 15 is 0 Å². The number of hydrogen-bond acceptors (Lipinski definition) is 3. The van der Waals surface area contributed by atoms with Gasteiger partial charge in [-0.05, 0) is 43.2 Å². The van der Waals surface area contributed by atoms with E-state index in [2.05, 4.69) is 27.2 Å². The number of anilines is 2. The van der Waals surface area contributed by atoms with Crippen LogP contribution in [0.25, 0.3) is 22.2 Å². The summed E-state index contributed by atoms with van der Waals surface area (Å²) in [5, 5.41) is 5.02. The van der Waals surface area contributed by atoms with E-state index in [-0.39, 0.29) is 22.1 Å². The van der Waals surface area contributed by atoms with Crippen molar-refractivity contribution in [3.8, 4) is 11.1 Å². The van der Waals surface area contributed by atoms with Crippen LogP contribution in [0.2, 0.25) is 10.0 Å². The number of aromatic nitrogens is 3. The molecule has 0 radical (unpaired) electrons. The Morgan fingerprint density at radius 2 is 1.93 bits per heavy atom. The first-order valence-corrected chi connectivity index (χ1v) is 10.2. The molecule has 0 unspecified atom stereocenters. The van der Waals surface area contributed by atoms with Crippen LogP contribution in [0.4, 0.5) is 15.8 Å². The number of nitrogens with zero attached hydrogens (tertiary/aromatic N) is 1. The number of halogens is 3. The van der Waals surface area contributed by atoms with Crippen molar-refractivity contribution >= 4 is 45.6 Å². The maximum Gasteiger partial charge on any atom is 0.256 e. The largest absolute Gasteiger partial charge is 0.353 e. The molecular formula is C22H17Cl2FN4O. The van der Waals surface area contributed by atoms with Gasteiger partial charge in [0.25, 0.3) is 5.56 Å². The van der Waals surface area contributed by atoms with Gasteiger partial charge < -0.3 is 15.3 Å². The zero-order valence-corrected chi connectivity index (χ0v) is 17.5. The number of aromatic amines is 2. The predicted octanol–water partition coefficient (Wildman–Crippen LogP) is 6.16. The number of hydrogen-bond donors (Lipinski definition) is 3. The Morgan fingerprint density at radius 3 is 2.70 bits per heavy atom. The molecule has 3 heterocycles. The topological polar surface area (TPSA) is 73.6 Å². The lowest BCUT2D eigenvalue weighted by molar-refractivity contribution is 0.631. The van der Waals surface area contributed by atoms with Crippen molar-refractivity contribution in [1.29, 1.82) is 0 Å². The predicted molar refractivity (Wildman–Crippen MR) is 118 cm³/mol. The minimum atomic E-state index is -0.513. The number of benzene rings is 1. The summed E-state index contributed by atoms with van der Waals surface area (Å²) in [5.74, 6) is -0.513. The van der Waals surface area contributed by atoms with E-state index in [1.54, 1.807) is 18.5 Å². The third-order valence-corrected chi connectivity index (χ3v) is 6.19. The highest BCUT2D eigenvalue weighted by molar-refractivity contribution is 6.36. The van der Waals surface area contributed by atoms with E-state index in [4.69, 9.17) is 23.2 Å². The van der Waals surface area contributed by atoms with Crippen molar-refractivity contribution in [1.82, 2.24) is 15.0 Å². The smallest absolute Gasteiger partial charge is 0.256 e. The van der Waals surface area contributed by atoms with E-state index in [1.807, 2.05) is 6.07 Å². The molecule has 4 aromatic rings. The summed E-state index contributed by atoms with van der Waals surface area (Å²) in [6, 6.07) is 7.66. The van der Waals surface area contributed by atoms with Gasteiger partial charge in [-0.2, -0.15) is 0 Å². The van der Waals surface area contributed by atoms with Crippen LogP contribution in [0, 0.1) is 5.82 Å². The standard InChI is InChI=1S/C22H17Cl2FN4O/c1-22(5-6-22)19-17(28-16-4-7-26-20-18(16)14(24)10-27-20)9-13(21(30)29-19)12-8-11(23)2-3-15(12)25/h2-4,7-10H,5-6H2,1H3,(H,29,30)(H2,26,27,28). The summed E-state index contributed by atoms with van der Waals surface area (Å²) in [5.41, 5.74) is 2.72. The second kappa shape index (κ2) is 6.86. The minimum Gasteiger partial charge on any atom is -0.353 e. The highest BCUT2D eigenvalue weighted by Crippen LogP contribution is 2.50. The molecule has 1 aromatic carbocycles. The van der Waals surface area contributed by atoms with Crippen molar-refractivity contribution in [2.75, 3.05) is 5.32 Å². The second-order valence-corrected chi connectivity index (χ2v) is 8.67. The third kappa shape index (κ3) is 3.16. The van der Waals surface area contributed by atoms with Crippen LogP contribution in [-0.4, -0.2) is 15.0 Å². The molecule has 5 rings (SSSR count). The first-order valence-electron chi connectivity index (χ1n) is 9.47. The Hall–Kier alpha value is -2.83. The van der Waals surface area contributed by atoms with Gasteiger partial charge >= 0.3 is 0 Å². The summed E-state index contributed by atoms with van der Waals surface area (Å²) in [6.45, 7) is 2.09. The number of pyridine rings is 2. The number of H-pyrrole nitrogens is 2. The Balaban J connectivity index is 1.71. The van der Waals surface area contributed by atoms with E-state index in [9.17, 15) is 9.18 Å². The Bertz CT molecular complexity index is 1360. The second-order valence-electron chi connectivity index (χ2n) is 7.83. The average Bonchev–Trinajstić information content (AvgIpc) is 3.36. The molecule has 1 saturated carbocycles.